The summed E-state index contributed by atoms with van der Waals surface area (Å²) in [5.41, 5.74) is 4.46. The van der Waals surface area contributed by atoms with Gasteiger partial charge in [-0.05, 0) is 68.7 Å². The standard InChI is InChI=1S/C21H28ClN3O/c1-4-25(5-2)19-9-10-20(16(3)13-19)24-15-21(26)23-12-11-17-7-6-8-18(22)14-17/h6-10,13-14,24H,4-5,11-12,15H2,1-3H3,(H,23,26). The average Bonchev–Trinajstić information content (AvgIpc) is 2.62. The highest BCUT2D eigenvalue weighted by molar-refractivity contribution is 6.30. The lowest BCUT2D eigenvalue weighted by atomic mass is 10.1. The van der Waals surface area contributed by atoms with E-state index >= 15 is 0 Å². The van der Waals surface area contributed by atoms with Gasteiger partial charge in [0.05, 0.1) is 6.54 Å². The zero-order valence-corrected chi connectivity index (χ0v) is 16.6. The molecule has 0 saturated carbocycles. The maximum Gasteiger partial charge on any atom is 0.239 e. The van der Waals surface area contributed by atoms with Crippen LogP contribution < -0.4 is 15.5 Å². The summed E-state index contributed by atoms with van der Waals surface area (Å²) in [5.74, 6) is -0.0146. The molecule has 140 valence electrons. The van der Waals surface area contributed by atoms with Crippen molar-refractivity contribution in [3.63, 3.8) is 0 Å². The molecule has 1 amide bonds. The largest absolute Gasteiger partial charge is 0.376 e. The van der Waals surface area contributed by atoms with E-state index in [1.807, 2.05) is 30.3 Å². The Balaban J connectivity index is 1.79. The molecule has 2 N–H and O–H groups in total. The number of benzene rings is 2. The van der Waals surface area contributed by atoms with Crippen molar-refractivity contribution in [3.05, 3.63) is 58.6 Å². The van der Waals surface area contributed by atoms with Gasteiger partial charge in [-0.25, -0.2) is 0 Å². The van der Waals surface area contributed by atoms with Crippen LogP contribution in [0.2, 0.25) is 5.02 Å². The molecule has 0 atom stereocenters. The molecule has 0 unspecified atom stereocenters. The van der Waals surface area contributed by atoms with Gasteiger partial charge in [-0.1, -0.05) is 23.7 Å². The Morgan fingerprint density at radius 1 is 1.12 bits per heavy atom. The van der Waals surface area contributed by atoms with Crippen molar-refractivity contribution in [3.8, 4) is 0 Å². The highest BCUT2D eigenvalue weighted by Crippen LogP contribution is 2.22. The Bertz CT molecular complexity index is 729. The number of hydrogen-bond donors (Lipinski definition) is 2. The molecule has 0 aliphatic carbocycles. The van der Waals surface area contributed by atoms with Crippen LogP contribution in [0.5, 0.6) is 0 Å². The van der Waals surface area contributed by atoms with Crippen LogP contribution in [0.3, 0.4) is 0 Å². The second kappa shape index (κ2) is 10.1. The first kappa shape index (κ1) is 20.1. The normalized spacial score (nSPS) is 10.5. The van der Waals surface area contributed by atoms with E-state index in [4.69, 9.17) is 11.6 Å². The number of halogens is 1. The monoisotopic (exact) mass is 373 g/mol. The van der Waals surface area contributed by atoms with Gasteiger partial charge in [0.2, 0.25) is 5.91 Å². The number of anilines is 2. The minimum Gasteiger partial charge on any atom is -0.376 e. The second-order valence-corrected chi connectivity index (χ2v) is 6.69. The third-order valence-corrected chi connectivity index (χ3v) is 4.64. The maximum atomic E-state index is 12.0. The number of aryl methyl sites for hydroxylation is 1. The Morgan fingerprint density at radius 3 is 2.54 bits per heavy atom. The van der Waals surface area contributed by atoms with E-state index < -0.39 is 0 Å². The fourth-order valence-corrected chi connectivity index (χ4v) is 3.12. The first-order valence-electron chi connectivity index (χ1n) is 9.14. The predicted octanol–water partition coefficient (Wildman–Crippen LogP) is 4.27. The minimum absolute atomic E-state index is 0.0146. The topological polar surface area (TPSA) is 44.4 Å². The van der Waals surface area contributed by atoms with E-state index in [0.717, 1.165) is 41.3 Å². The van der Waals surface area contributed by atoms with Gasteiger partial charge < -0.3 is 15.5 Å². The number of nitrogens with zero attached hydrogens (tertiary/aromatic N) is 1. The van der Waals surface area contributed by atoms with E-state index in [1.54, 1.807) is 0 Å². The van der Waals surface area contributed by atoms with Crippen molar-refractivity contribution in [2.45, 2.75) is 27.2 Å². The smallest absolute Gasteiger partial charge is 0.239 e. The molecule has 0 spiro atoms. The molecule has 0 saturated heterocycles. The maximum absolute atomic E-state index is 12.0. The molecule has 0 bridgehead atoms. The van der Waals surface area contributed by atoms with Crippen LogP contribution in [0.15, 0.2) is 42.5 Å². The van der Waals surface area contributed by atoms with E-state index in [9.17, 15) is 4.79 Å². The summed E-state index contributed by atoms with van der Waals surface area (Å²) in [6, 6.07) is 14.0. The number of rotatable bonds is 9. The third kappa shape index (κ3) is 5.95. The van der Waals surface area contributed by atoms with E-state index in [0.29, 0.717) is 6.54 Å². The molecule has 26 heavy (non-hydrogen) atoms. The second-order valence-electron chi connectivity index (χ2n) is 6.25. The fraction of sp³-hybridized carbons (Fsp3) is 0.381. The summed E-state index contributed by atoms with van der Waals surface area (Å²) in [4.78, 5) is 14.3. The summed E-state index contributed by atoms with van der Waals surface area (Å²) in [7, 11) is 0. The first-order chi connectivity index (χ1) is 12.5. The zero-order chi connectivity index (χ0) is 18.9. The molecule has 5 heteroatoms. The van der Waals surface area contributed by atoms with Gasteiger partial charge in [0.15, 0.2) is 0 Å². The number of carbonyl (C=O) groups is 1. The SMILES string of the molecule is CCN(CC)c1ccc(NCC(=O)NCCc2cccc(Cl)c2)c(C)c1. The van der Waals surface area contributed by atoms with Gasteiger partial charge >= 0.3 is 0 Å². The van der Waals surface area contributed by atoms with E-state index in [2.05, 4.69) is 48.4 Å². The summed E-state index contributed by atoms with van der Waals surface area (Å²) in [5, 5.41) is 6.88. The molecule has 0 aromatic heterocycles. The van der Waals surface area contributed by atoms with Gasteiger partial charge in [-0.2, -0.15) is 0 Å². The third-order valence-electron chi connectivity index (χ3n) is 4.40. The number of amides is 1. The van der Waals surface area contributed by atoms with Crippen molar-refractivity contribution in [2.24, 2.45) is 0 Å². The van der Waals surface area contributed by atoms with Crippen LogP contribution in [0.25, 0.3) is 0 Å². The van der Waals surface area contributed by atoms with Crippen LogP contribution >= 0.6 is 11.6 Å². The van der Waals surface area contributed by atoms with Gasteiger partial charge in [0.25, 0.3) is 0 Å². The van der Waals surface area contributed by atoms with E-state index in [-0.39, 0.29) is 12.5 Å². The van der Waals surface area contributed by atoms with Crippen LogP contribution in [0.4, 0.5) is 11.4 Å². The van der Waals surface area contributed by atoms with Crippen LogP contribution in [-0.2, 0) is 11.2 Å². The fourth-order valence-electron chi connectivity index (χ4n) is 2.91. The quantitative estimate of drug-likeness (QED) is 0.690. The summed E-state index contributed by atoms with van der Waals surface area (Å²) < 4.78 is 0. The minimum atomic E-state index is -0.0146. The average molecular weight is 374 g/mol. The predicted molar refractivity (Wildman–Crippen MR) is 111 cm³/mol. The van der Waals surface area contributed by atoms with E-state index in [1.165, 1.54) is 5.69 Å². The van der Waals surface area contributed by atoms with Gasteiger partial charge in [0, 0.05) is 36.0 Å². The lowest BCUT2D eigenvalue weighted by Gasteiger charge is -2.22. The molecule has 2 aromatic carbocycles. The molecular formula is C21H28ClN3O. The van der Waals surface area contributed by atoms with Crippen LogP contribution in [-0.4, -0.2) is 32.1 Å². The Kier molecular flexibility index (Phi) is 7.79. The van der Waals surface area contributed by atoms with Crippen molar-refractivity contribution < 1.29 is 4.79 Å². The van der Waals surface area contributed by atoms with Crippen LogP contribution in [0, 0.1) is 6.92 Å². The van der Waals surface area contributed by atoms with Gasteiger partial charge in [-0.15, -0.1) is 0 Å². The lowest BCUT2D eigenvalue weighted by Crippen LogP contribution is -2.31. The first-order valence-corrected chi connectivity index (χ1v) is 9.51. The Morgan fingerprint density at radius 2 is 1.88 bits per heavy atom. The molecule has 0 heterocycles. The molecule has 0 aliphatic rings. The van der Waals surface area contributed by atoms with Crippen molar-refractivity contribution in [1.82, 2.24) is 5.32 Å². The molecule has 2 rings (SSSR count). The van der Waals surface area contributed by atoms with Crippen molar-refractivity contribution in [2.75, 3.05) is 36.4 Å². The molecule has 4 nitrogen and oxygen atoms in total. The molecule has 0 radical (unpaired) electrons. The van der Waals surface area contributed by atoms with Gasteiger partial charge in [0.1, 0.15) is 0 Å². The summed E-state index contributed by atoms with van der Waals surface area (Å²) in [6.45, 7) is 9.20. The zero-order valence-electron chi connectivity index (χ0n) is 15.8. The Hall–Kier alpha value is -2.20. The lowest BCUT2D eigenvalue weighted by molar-refractivity contribution is -0.119. The molecule has 0 aliphatic heterocycles. The summed E-state index contributed by atoms with van der Waals surface area (Å²) in [6.07, 6.45) is 0.768. The molecular weight excluding hydrogens is 346 g/mol. The highest BCUT2D eigenvalue weighted by Gasteiger charge is 2.06. The number of hydrogen-bond acceptors (Lipinski definition) is 3. The van der Waals surface area contributed by atoms with Crippen molar-refractivity contribution >= 4 is 28.9 Å². The highest BCUT2D eigenvalue weighted by atomic mass is 35.5. The summed E-state index contributed by atoms with van der Waals surface area (Å²) >= 11 is 5.97. The number of carbonyl (C=O) groups excluding carboxylic acids is 1. The molecule has 0 fully saturated rings. The van der Waals surface area contributed by atoms with Crippen LogP contribution in [0.1, 0.15) is 25.0 Å². The Labute approximate surface area is 161 Å². The molecule has 2 aromatic rings. The van der Waals surface area contributed by atoms with Crippen molar-refractivity contribution in [1.29, 1.82) is 0 Å². The van der Waals surface area contributed by atoms with Gasteiger partial charge in [-0.3, -0.25) is 4.79 Å². The number of nitrogens with one attached hydrogen (secondary N) is 2.